The lowest BCUT2D eigenvalue weighted by Gasteiger charge is -2.28. The molecule has 2 bridgehead atoms. The number of amides is 1. The second-order valence-corrected chi connectivity index (χ2v) is 7.52. The van der Waals surface area contributed by atoms with Gasteiger partial charge in [0.05, 0.1) is 6.04 Å². The van der Waals surface area contributed by atoms with Crippen molar-refractivity contribution in [2.24, 2.45) is 0 Å². The lowest BCUT2D eigenvalue weighted by atomic mass is 9.97. The molecule has 2 saturated heterocycles. The van der Waals surface area contributed by atoms with Crippen molar-refractivity contribution in [3.8, 4) is 5.75 Å². The van der Waals surface area contributed by atoms with Gasteiger partial charge in [-0.2, -0.15) is 0 Å². The molecule has 2 fully saturated rings. The van der Waals surface area contributed by atoms with Gasteiger partial charge in [0.2, 0.25) is 0 Å². The van der Waals surface area contributed by atoms with E-state index >= 15 is 0 Å². The van der Waals surface area contributed by atoms with Crippen LogP contribution in [-0.2, 0) is 4.74 Å². The molecule has 1 amide bonds. The number of halogens is 1. The Hall–Kier alpha value is -2.31. The van der Waals surface area contributed by atoms with Crippen LogP contribution in [0.1, 0.15) is 50.4 Å². The van der Waals surface area contributed by atoms with Gasteiger partial charge in [-0.05, 0) is 45.7 Å². The highest BCUT2D eigenvalue weighted by atomic mass is 19.1. The molecule has 136 valence electrons. The molecule has 2 aliphatic heterocycles. The van der Waals surface area contributed by atoms with Gasteiger partial charge in [0, 0.05) is 18.5 Å². The maximum atomic E-state index is 13.5. The van der Waals surface area contributed by atoms with Crippen LogP contribution in [0.25, 0.3) is 0 Å². The first-order chi connectivity index (χ1) is 11.7. The van der Waals surface area contributed by atoms with E-state index in [4.69, 9.17) is 9.47 Å². The zero-order chi connectivity index (χ0) is 18.4. The van der Waals surface area contributed by atoms with Crippen LogP contribution in [0, 0.1) is 5.82 Å². The monoisotopic (exact) mass is 351 g/mol. The highest BCUT2D eigenvalue weighted by Crippen LogP contribution is 2.41. The van der Waals surface area contributed by atoms with Crippen LogP contribution in [0.5, 0.6) is 5.75 Å². The van der Waals surface area contributed by atoms with Gasteiger partial charge < -0.3 is 14.6 Å². The van der Waals surface area contributed by atoms with Gasteiger partial charge in [0.25, 0.3) is 0 Å². The second-order valence-electron chi connectivity index (χ2n) is 7.52. The predicted molar refractivity (Wildman–Crippen MR) is 87.3 cm³/mol. The Morgan fingerprint density at radius 3 is 2.64 bits per heavy atom. The number of ether oxygens (including phenoxy) is 2. The number of carbonyl (C=O) groups excluding carboxylic acids is 1. The second kappa shape index (κ2) is 6.20. The molecular weight excluding hydrogens is 329 g/mol. The summed E-state index contributed by atoms with van der Waals surface area (Å²) >= 11 is 0. The van der Waals surface area contributed by atoms with E-state index in [1.54, 1.807) is 4.90 Å². The number of benzene rings is 1. The number of nitrogens with zero attached hydrogens (tertiary/aromatic N) is 1. The molecular formula is C18H22FNO5. The zero-order valence-corrected chi connectivity index (χ0v) is 14.5. The molecule has 6 nitrogen and oxygen atoms in total. The standard InChI is InChI=1S/C18H22FNO5/c1-18(2,3)25-17(23)20-11-5-7-13(20)15(9-11)24-14-8-10(19)4-6-12(14)16(21)22/h4,6,8,11,13,15H,5,7,9H2,1-3H3,(H,21,22). The van der Waals surface area contributed by atoms with Crippen LogP contribution in [-0.4, -0.2) is 45.9 Å². The smallest absolute Gasteiger partial charge is 0.410 e. The quantitative estimate of drug-likeness (QED) is 0.903. The summed E-state index contributed by atoms with van der Waals surface area (Å²) in [5.41, 5.74) is -0.679. The van der Waals surface area contributed by atoms with Crippen molar-refractivity contribution in [3.05, 3.63) is 29.6 Å². The number of carboxylic acid groups (broad SMARTS) is 1. The molecule has 0 spiro atoms. The third kappa shape index (κ3) is 3.55. The van der Waals surface area contributed by atoms with Crippen LogP contribution in [0.2, 0.25) is 0 Å². The Morgan fingerprint density at radius 1 is 1.28 bits per heavy atom. The molecule has 1 aromatic carbocycles. The normalized spacial score (nSPS) is 25.1. The van der Waals surface area contributed by atoms with Crippen LogP contribution in [0.3, 0.4) is 0 Å². The molecule has 3 rings (SSSR count). The van der Waals surface area contributed by atoms with Crippen LogP contribution >= 0.6 is 0 Å². The SMILES string of the molecule is CC(C)(C)OC(=O)N1C2CCC1C(Oc1cc(F)ccc1C(=O)O)C2. The van der Waals surface area contributed by atoms with E-state index in [1.165, 1.54) is 6.07 Å². The number of hydrogen-bond donors (Lipinski definition) is 1. The van der Waals surface area contributed by atoms with Crippen LogP contribution < -0.4 is 4.74 Å². The minimum Gasteiger partial charge on any atom is -0.487 e. The molecule has 0 saturated carbocycles. The van der Waals surface area contributed by atoms with Crippen LogP contribution in [0.15, 0.2) is 18.2 Å². The van der Waals surface area contributed by atoms with Crippen molar-refractivity contribution in [2.75, 3.05) is 0 Å². The Morgan fingerprint density at radius 2 is 2.00 bits per heavy atom. The Kier molecular flexibility index (Phi) is 4.34. The van der Waals surface area contributed by atoms with E-state index in [1.807, 2.05) is 20.8 Å². The fraction of sp³-hybridized carbons (Fsp3) is 0.556. The molecule has 1 aromatic rings. The molecule has 1 N–H and O–H groups in total. The molecule has 25 heavy (non-hydrogen) atoms. The predicted octanol–water partition coefficient (Wildman–Crippen LogP) is 3.44. The first-order valence-corrected chi connectivity index (χ1v) is 8.36. The van der Waals surface area contributed by atoms with Gasteiger partial charge >= 0.3 is 12.1 Å². The molecule has 2 heterocycles. The number of aromatic carboxylic acids is 1. The van der Waals surface area contributed by atoms with Crippen molar-refractivity contribution in [1.82, 2.24) is 4.90 Å². The minimum absolute atomic E-state index is 0.00538. The van der Waals surface area contributed by atoms with Gasteiger partial charge in [-0.15, -0.1) is 0 Å². The van der Waals surface area contributed by atoms with Crippen molar-refractivity contribution in [1.29, 1.82) is 0 Å². The van der Waals surface area contributed by atoms with Crippen molar-refractivity contribution in [3.63, 3.8) is 0 Å². The van der Waals surface area contributed by atoms with E-state index in [9.17, 15) is 19.1 Å². The van der Waals surface area contributed by atoms with Gasteiger partial charge in [-0.3, -0.25) is 4.90 Å². The molecule has 3 unspecified atom stereocenters. The first kappa shape index (κ1) is 17.5. The molecule has 2 aliphatic rings. The highest BCUT2D eigenvalue weighted by Gasteiger charge is 2.51. The van der Waals surface area contributed by atoms with E-state index < -0.39 is 17.4 Å². The van der Waals surface area contributed by atoms with E-state index in [0.717, 1.165) is 25.0 Å². The largest absolute Gasteiger partial charge is 0.487 e. The summed E-state index contributed by atoms with van der Waals surface area (Å²) in [6.07, 6.45) is 1.44. The summed E-state index contributed by atoms with van der Waals surface area (Å²) < 4.78 is 24.8. The van der Waals surface area contributed by atoms with Gasteiger partial charge in [0.1, 0.15) is 28.8 Å². The Balaban J connectivity index is 1.77. The average molecular weight is 351 g/mol. The number of rotatable bonds is 3. The maximum Gasteiger partial charge on any atom is 0.410 e. The molecule has 0 aliphatic carbocycles. The topological polar surface area (TPSA) is 76.1 Å². The third-order valence-corrected chi connectivity index (χ3v) is 4.54. The zero-order valence-electron chi connectivity index (χ0n) is 14.5. The average Bonchev–Trinajstić information content (AvgIpc) is 3.02. The number of carbonyl (C=O) groups is 2. The molecule has 7 heteroatoms. The fourth-order valence-electron chi connectivity index (χ4n) is 3.59. The number of hydrogen-bond acceptors (Lipinski definition) is 4. The van der Waals surface area contributed by atoms with Crippen LogP contribution in [0.4, 0.5) is 9.18 Å². The van der Waals surface area contributed by atoms with Gasteiger partial charge in [0.15, 0.2) is 0 Å². The minimum atomic E-state index is -1.18. The molecule has 0 aromatic heterocycles. The number of fused-ring (bicyclic) bond motifs is 2. The summed E-state index contributed by atoms with van der Waals surface area (Å²) in [5, 5.41) is 9.24. The summed E-state index contributed by atoms with van der Waals surface area (Å²) in [6.45, 7) is 5.42. The van der Waals surface area contributed by atoms with E-state index in [2.05, 4.69) is 0 Å². The lowest BCUT2D eigenvalue weighted by molar-refractivity contribution is 0.0180. The third-order valence-electron chi connectivity index (χ3n) is 4.54. The summed E-state index contributed by atoms with van der Waals surface area (Å²) in [6, 6.07) is 3.17. The Bertz CT molecular complexity index is 699. The molecule has 0 radical (unpaired) electrons. The highest BCUT2D eigenvalue weighted by molar-refractivity contribution is 5.90. The van der Waals surface area contributed by atoms with E-state index in [-0.39, 0.29) is 35.6 Å². The summed E-state index contributed by atoms with van der Waals surface area (Å²) in [7, 11) is 0. The van der Waals surface area contributed by atoms with E-state index in [0.29, 0.717) is 6.42 Å². The maximum absolute atomic E-state index is 13.5. The number of carboxylic acids is 1. The fourth-order valence-corrected chi connectivity index (χ4v) is 3.59. The first-order valence-electron chi connectivity index (χ1n) is 8.36. The van der Waals surface area contributed by atoms with Crippen molar-refractivity contribution < 1.29 is 28.6 Å². The van der Waals surface area contributed by atoms with Gasteiger partial charge in [-0.1, -0.05) is 0 Å². The summed E-state index contributed by atoms with van der Waals surface area (Å²) in [4.78, 5) is 25.4. The Labute approximate surface area is 145 Å². The lowest BCUT2D eigenvalue weighted by Crippen LogP contribution is -2.42. The molecule has 3 atom stereocenters. The summed E-state index contributed by atoms with van der Waals surface area (Å²) in [5.74, 6) is -1.75. The van der Waals surface area contributed by atoms with Crippen molar-refractivity contribution >= 4 is 12.1 Å². The van der Waals surface area contributed by atoms with Gasteiger partial charge in [-0.25, -0.2) is 14.0 Å². The van der Waals surface area contributed by atoms with Crippen molar-refractivity contribution in [2.45, 2.75) is 63.8 Å².